The Morgan fingerprint density at radius 3 is 2.73 bits per heavy atom. The first-order chi connectivity index (χ1) is 15.9. The minimum Gasteiger partial charge on any atom is -0.434 e. The van der Waals surface area contributed by atoms with Crippen LogP contribution in [0.2, 0.25) is 0 Å². The van der Waals surface area contributed by atoms with Gasteiger partial charge in [0.05, 0.1) is 17.9 Å². The number of rotatable bonds is 3. The van der Waals surface area contributed by atoms with E-state index in [1.165, 1.54) is 46.5 Å². The Morgan fingerprint density at radius 1 is 1.18 bits per heavy atom. The molecule has 1 aromatic carbocycles. The molecule has 3 aromatic heterocycles. The predicted molar refractivity (Wildman–Crippen MR) is 108 cm³/mol. The van der Waals surface area contributed by atoms with Gasteiger partial charge in [0.2, 0.25) is 0 Å². The minimum atomic E-state index is -3.05. The minimum absolute atomic E-state index is 0.0480. The summed E-state index contributed by atoms with van der Waals surface area (Å²) in [5.41, 5.74) is 2.67. The Bertz CT molecular complexity index is 1420. The van der Waals surface area contributed by atoms with Gasteiger partial charge in [-0.15, -0.1) is 0 Å². The van der Waals surface area contributed by atoms with Gasteiger partial charge >= 0.3 is 6.61 Å². The Morgan fingerprint density at radius 2 is 1.97 bits per heavy atom. The van der Waals surface area contributed by atoms with E-state index in [1.807, 2.05) is 0 Å². The third-order valence-corrected chi connectivity index (χ3v) is 6.23. The average molecular weight is 452 g/mol. The van der Waals surface area contributed by atoms with Crippen LogP contribution in [0.4, 0.5) is 13.2 Å². The molecule has 0 N–H and O–H groups in total. The van der Waals surface area contributed by atoms with Crippen molar-refractivity contribution in [1.82, 2.24) is 29.5 Å². The van der Waals surface area contributed by atoms with Gasteiger partial charge in [-0.1, -0.05) is 6.07 Å². The smallest absolute Gasteiger partial charge is 0.387 e. The molecule has 4 heterocycles. The van der Waals surface area contributed by atoms with E-state index in [9.17, 15) is 18.0 Å². The number of carbonyl (C=O) groups is 1. The lowest BCUT2D eigenvalue weighted by Crippen LogP contribution is -2.30. The molecule has 2 atom stereocenters. The van der Waals surface area contributed by atoms with Crippen LogP contribution in [0.25, 0.3) is 16.9 Å². The number of hydrogen-bond acceptors (Lipinski definition) is 6. The highest BCUT2D eigenvalue weighted by Crippen LogP contribution is 2.53. The van der Waals surface area contributed by atoms with Crippen LogP contribution in [0.5, 0.6) is 5.75 Å². The van der Waals surface area contributed by atoms with Crippen LogP contribution < -0.4 is 4.74 Å². The van der Waals surface area contributed by atoms with E-state index in [4.69, 9.17) is 4.74 Å². The second-order valence-electron chi connectivity index (χ2n) is 7.95. The summed E-state index contributed by atoms with van der Waals surface area (Å²) in [4.78, 5) is 27.0. The van der Waals surface area contributed by atoms with Crippen molar-refractivity contribution < 1.29 is 22.7 Å². The topological polar surface area (TPSA) is 85.5 Å². The molecule has 2 bridgehead atoms. The van der Waals surface area contributed by atoms with Crippen molar-refractivity contribution in [3.05, 3.63) is 71.3 Å². The lowest BCUT2D eigenvalue weighted by molar-refractivity contribution is -0.0505. The Kier molecular flexibility index (Phi) is 4.16. The highest BCUT2D eigenvalue weighted by molar-refractivity contribution is 5.98. The molecule has 33 heavy (non-hydrogen) atoms. The molecule has 0 saturated heterocycles. The van der Waals surface area contributed by atoms with Gasteiger partial charge in [-0.05, 0) is 18.6 Å². The third kappa shape index (κ3) is 2.81. The van der Waals surface area contributed by atoms with E-state index in [2.05, 4.69) is 20.1 Å². The third-order valence-electron chi connectivity index (χ3n) is 6.23. The van der Waals surface area contributed by atoms with Gasteiger partial charge in [0.1, 0.15) is 17.8 Å². The molecule has 11 heteroatoms. The molecule has 0 fully saturated rings. The number of benzene rings is 1. The SMILES string of the molecule is CN1C(=O)c2cccc(OC(F)F)c2C2CC1c1nn3cc(F)c(-c4cncnc4)nc3c12. The number of fused-ring (bicyclic) bond motifs is 9. The first-order valence-electron chi connectivity index (χ1n) is 10.1. The summed E-state index contributed by atoms with van der Waals surface area (Å²) >= 11 is 0. The number of nitrogens with zero attached hydrogens (tertiary/aromatic N) is 6. The number of aromatic nitrogens is 5. The molecule has 0 saturated carbocycles. The van der Waals surface area contributed by atoms with E-state index < -0.39 is 24.4 Å². The fourth-order valence-corrected chi connectivity index (χ4v) is 4.87. The standard InChI is InChI=1S/C22H15F3N6O2/c1-30-14-5-12(16-11(21(30)32)3-2-4-15(16)33-22(24)25)17-19(14)29-31-8-13(23)18(28-20(17)31)10-6-26-9-27-7-10/h2-4,6-9,12,14,22H,5H2,1H3. The van der Waals surface area contributed by atoms with Crippen LogP contribution in [0.3, 0.4) is 0 Å². The van der Waals surface area contributed by atoms with Crippen LogP contribution in [0, 0.1) is 5.82 Å². The van der Waals surface area contributed by atoms with Gasteiger partial charge in [-0.25, -0.2) is 23.9 Å². The van der Waals surface area contributed by atoms with Gasteiger partial charge < -0.3 is 9.64 Å². The van der Waals surface area contributed by atoms with Crippen LogP contribution >= 0.6 is 0 Å². The van der Waals surface area contributed by atoms with Crippen molar-refractivity contribution in [3.63, 3.8) is 0 Å². The molecule has 6 rings (SSSR count). The molecule has 4 aromatic rings. The molecule has 1 aliphatic heterocycles. The summed E-state index contributed by atoms with van der Waals surface area (Å²) in [7, 11) is 1.64. The van der Waals surface area contributed by atoms with Gasteiger partial charge in [0.15, 0.2) is 11.5 Å². The molecule has 2 aliphatic rings. The van der Waals surface area contributed by atoms with Crippen LogP contribution in [-0.2, 0) is 0 Å². The molecule has 1 amide bonds. The quantitative estimate of drug-likeness (QED) is 0.472. The van der Waals surface area contributed by atoms with E-state index in [1.54, 1.807) is 13.1 Å². The number of alkyl halides is 2. The molecular formula is C22H15F3N6O2. The number of hydrogen-bond donors (Lipinski definition) is 0. The summed E-state index contributed by atoms with van der Waals surface area (Å²) in [6, 6.07) is 4.11. The van der Waals surface area contributed by atoms with Crippen LogP contribution in [-0.4, -0.2) is 49.0 Å². The summed E-state index contributed by atoms with van der Waals surface area (Å²) in [6.45, 7) is -3.05. The van der Waals surface area contributed by atoms with Crippen molar-refractivity contribution in [3.8, 4) is 17.0 Å². The van der Waals surface area contributed by atoms with E-state index in [0.717, 1.165) is 0 Å². The van der Waals surface area contributed by atoms with Crippen molar-refractivity contribution in [1.29, 1.82) is 0 Å². The summed E-state index contributed by atoms with van der Waals surface area (Å²) < 4.78 is 47.4. The second kappa shape index (κ2) is 6.99. The van der Waals surface area contributed by atoms with Crippen molar-refractivity contribution in [2.45, 2.75) is 25.0 Å². The number of halogens is 3. The summed E-state index contributed by atoms with van der Waals surface area (Å²) in [5.74, 6) is -1.49. The maximum Gasteiger partial charge on any atom is 0.387 e. The maximum absolute atomic E-state index is 14.9. The van der Waals surface area contributed by atoms with E-state index in [-0.39, 0.29) is 22.9 Å². The molecule has 1 aliphatic carbocycles. The van der Waals surface area contributed by atoms with Crippen molar-refractivity contribution in [2.24, 2.45) is 0 Å². The summed E-state index contributed by atoms with van der Waals surface area (Å²) in [6.07, 6.45) is 5.86. The number of carbonyl (C=O) groups excluding carboxylic acids is 1. The van der Waals surface area contributed by atoms with Crippen LogP contribution in [0.15, 0.2) is 43.1 Å². The highest BCUT2D eigenvalue weighted by atomic mass is 19.3. The van der Waals surface area contributed by atoms with E-state index in [0.29, 0.717) is 34.5 Å². The number of ether oxygens (including phenoxy) is 1. The zero-order valence-electron chi connectivity index (χ0n) is 17.1. The maximum atomic E-state index is 14.9. The van der Waals surface area contributed by atoms with Crippen molar-refractivity contribution >= 4 is 11.6 Å². The molecule has 2 unspecified atom stereocenters. The number of amides is 1. The van der Waals surface area contributed by atoms with Crippen molar-refractivity contribution in [2.75, 3.05) is 7.05 Å². The van der Waals surface area contributed by atoms with Gasteiger partial charge in [0.25, 0.3) is 5.91 Å². The normalized spacial score (nSPS) is 19.1. The molecule has 166 valence electrons. The lowest BCUT2D eigenvalue weighted by Gasteiger charge is -2.23. The Balaban J connectivity index is 1.62. The van der Waals surface area contributed by atoms with E-state index >= 15 is 0 Å². The van der Waals surface area contributed by atoms with Gasteiger partial charge in [0, 0.05) is 47.6 Å². The first-order valence-corrected chi connectivity index (χ1v) is 10.1. The largest absolute Gasteiger partial charge is 0.434 e. The lowest BCUT2D eigenvalue weighted by atomic mass is 9.89. The second-order valence-corrected chi connectivity index (χ2v) is 7.95. The average Bonchev–Trinajstić information content (AvgIpc) is 3.31. The van der Waals surface area contributed by atoms with Crippen LogP contribution in [0.1, 0.15) is 45.6 Å². The molecular weight excluding hydrogens is 437 g/mol. The van der Waals surface area contributed by atoms with Gasteiger partial charge in [-0.3, -0.25) is 4.79 Å². The zero-order valence-corrected chi connectivity index (χ0v) is 17.1. The van der Waals surface area contributed by atoms with Gasteiger partial charge in [-0.2, -0.15) is 13.9 Å². The first kappa shape index (κ1) is 19.6. The zero-order chi connectivity index (χ0) is 22.9. The Hall–Kier alpha value is -4.02. The fraction of sp³-hybridized carbons (Fsp3) is 0.227. The fourth-order valence-electron chi connectivity index (χ4n) is 4.87. The summed E-state index contributed by atoms with van der Waals surface area (Å²) in [5, 5.41) is 4.52. The molecule has 8 nitrogen and oxygen atoms in total. The predicted octanol–water partition coefficient (Wildman–Crippen LogP) is 3.59. The Labute approximate surface area is 184 Å². The highest BCUT2D eigenvalue weighted by Gasteiger charge is 2.46. The monoisotopic (exact) mass is 452 g/mol. The molecule has 0 spiro atoms. The molecule has 0 radical (unpaired) electrons.